The Balaban J connectivity index is 0.933. The number of fused-ring (bicyclic) bond motifs is 8. The van der Waals surface area contributed by atoms with Gasteiger partial charge in [0.1, 0.15) is 22.7 Å². The standard InChI is InChI=1S/C46H28N2O2/c1-5-13-39-35(9-1)36-10-2-6-14-40(36)47(39)33-23-21-31-25-43(49-45(31)27-33)29-17-19-30(20-18-29)44-26-32-22-24-34(28-46(32)50-44)48-41-15-7-3-11-37(41)38-12-4-8-16-42(38)48/h1-28H. The fourth-order valence-corrected chi connectivity index (χ4v) is 7.80. The second-order valence-electron chi connectivity index (χ2n) is 13.0. The molecule has 7 aromatic carbocycles. The molecule has 0 aliphatic carbocycles. The predicted octanol–water partition coefficient (Wildman–Crippen LogP) is 12.7. The third kappa shape index (κ3) is 3.99. The van der Waals surface area contributed by atoms with Gasteiger partial charge in [-0.3, -0.25) is 0 Å². The Kier molecular flexibility index (Phi) is 5.63. The first-order valence-electron chi connectivity index (χ1n) is 16.9. The van der Waals surface area contributed by atoms with E-state index in [-0.39, 0.29) is 0 Å². The third-order valence-corrected chi connectivity index (χ3v) is 10.1. The monoisotopic (exact) mass is 640 g/mol. The van der Waals surface area contributed by atoms with Gasteiger partial charge in [-0.1, -0.05) is 97.1 Å². The zero-order valence-corrected chi connectivity index (χ0v) is 26.9. The number of aromatic nitrogens is 2. The van der Waals surface area contributed by atoms with Crippen LogP contribution in [0.4, 0.5) is 0 Å². The molecular weight excluding hydrogens is 613 g/mol. The van der Waals surface area contributed by atoms with Gasteiger partial charge < -0.3 is 18.0 Å². The second kappa shape index (κ2) is 10.4. The van der Waals surface area contributed by atoms with Crippen molar-refractivity contribution in [2.75, 3.05) is 0 Å². The van der Waals surface area contributed by atoms with Crippen LogP contribution < -0.4 is 0 Å². The first-order chi connectivity index (χ1) is 24.8. The van der Waals surface area contributed by atoms with Crippen LogP contribution >= 0.6 is 0 Å². The SMILES string of the molecule is c1ccc2c(c1)c1ccccc1n2-c1ccc2cc(-c3ccc(-c4cc5ccc(-n6c7ccccc7c7ccccc76)cc5o4)cc3)oc2c1. The summed E-state index contributed by atoms with van der Waals surface area (Å²) in [7, 11) is 0. The highest BCUT2D eigenvalue weighted by Crippen LogP contribution is 2.37. The van der Waals surface area contributed by atoms with Crippen LogP contribution in [-0.2, 0) is 0 Å². The Hall–Kier alpha value is -6.78. The molecule has 0 amide bonds. The summed E-state index contributed by atoms with van der Waals surface area (Å²) in [6.45, 7) is 0. The molecule has 4 aromatic heterocycles. The number of rotatable bonds is 4. The van der Waals surface area contributed by atoms with Gasteiger partial charge in [-0.25, -0.2) is 0 Å². The lowest BCUT2D eigenvalue weighted by Gasteiger charge is -2.07. The zero-order chi connectivity index (χ0) is 32.8. The van der Waals surface area contributed by atoms with Crippen molar-refractivity contribution in [3.05, 3.63) is 170 Å². The van der Waals surface area contributed by atoms with Crippen LogP contribution in [0.3, 0.4) is 0 Å². The normalized spacial score (nSPS) is 12.0. The van der Waals surface area contributed by atoms with Crippen molar-refractivity contribution in [1.82, 2.24) is 9.13 Å². The van der Waals surface area contributed by atoms with Crippen LogP contribution in [-0.4, -0.2) is 9.13 Å². The lowest BCUT2D eigenvalue weighted by molar-refractivity contribution is 0.629. The predicted molar refractivity (Wildman–Crippen MR) is 206 cm³/mol. The Bertz CT molecular complexity index is 2780. The largest absolute Gasteiger partial charge is 0.456 e. The minimum atomic E-state index is 0.839. The van der Waals surface area contributed by atoms with Crippen molar-refractivity contribution >= 4 is 65.6 Å². The van der Waals surface area contributed by atoms with Crippen molar-refractivity contribution in [3.63, 3.8) is 0 Å². The molecule has 50 heavy (non-hydrogen) atoms. The highest BCUT2D eigenvalue weighted by atomic mass is 16.3. The zero-order valence-electron chi connectivity index (χ0n) is 26.9. The number of hydrogen-bond donors (Lipinski definition) is 0. The van der Waals surface area contributed by atoms with Gasteiger partial charge in [-0.05, 0) is 60.7 Å². The van der Waals surface area contributed by atoms with Crippen molar-refractivity contribution in [2.24, 2.45) is 0 Å². The highest BCUT2D eigenvalue weighted by molar-refractivity contribution is 6.10. The van der Waals surface area contributed by atoms with Gasteiger partial charge in [-0.15, -0.1) is 0 Å². The molecule has 0 spiro atoms. The summed E-state index contributed by atoms with van der Waals surface area (Å²) in [5, 5.41) is 7.13. The Labute approximate surface area is 286 Å². The van der Waals surface area contributed by atoms with Crippen LogP contribution in [0.25, 0.3) is 99.6 Å². The molecule has 0 unspecified atom stereocenters. The summed E-state index contributed by atoms with van der Waals surface area (Å²) in [6, 6.07) is 59.9. The van der Waals surface area contributed by atoms with Gasteiger partial charge in [0.05, 0.1) is 22.1 Å². The van der Waals surface area contributed by atoms with Gasteiger partial charge >= 0.3 is 0 Å². The van der Waals surface area contributed by atoms with Crippen molar-refractivity contribution in [1.29, 1.82) is 0 Å². The number of hydrogen-bond acceptors (Lipinski definition) is 2. The first kappa shape index (κ1) is 27.2. The molecule has 4 nitrogen and oxygen atoms in total. The van der Waals surface area contributed by atoms with E-state index < -0.39 is 0 Å². The summed E-state index contributed by atoms with van der Waals surface area (Å²) >= 11 is 0. The molecule has 0 saturated heterocycles. The molecule has 0 fully saturated rings. The molecule has 0 N–H and O–H groups in total. The molecule has 234 valence electrons. The summed E-state index contributed by atoms with van der Waals surface area (Å²) in [5.41, 5.74) is 10.7. The summed E-state index contributed by atoms with van der Waals surface area (Å²) in [5.74, 6) is 1.68. The Morgan fingerprint density at radius 3 is 1.02 bits per heavy atom. The topological polar surface area (TPSA) is 36.1 Å². The minimum Gasteiger partial charge on any atom is -0.456 e. The molecule has 4 heteroatoms. The molecule has 0 atom stereocenters. The van der Waals surface area contributed by atoms with E-state index in [1.807, 2.05) is 0 Å². The summed E-state index contributed by atoms with van der Waals surface area (Å²) < 4.78 is 17.6. The third-order valence-electron chi connectivity index (χ3n) is 10.1. The smallest absolute Gasteiger partial charge is 0.136 e. The van der Waals surface area contributed by atoms with Crippen molar-refractivity contribution < 1.29 is 8.83 Å². The fourth-order valence-electron chi connectivity index (χ4n) is 7.80. The van der Waals surface area contributed by atoms with E-state index in [0.29, 0.717) is 0 Å². The van der Waals surface area contributed by atoms with E-state index in [1.54, 1.807) is 0 Å². The van der Waals surface area contributed by atoms with Gasteiger partial charge in [0.15, 0.2) is 0 Å². The van der Waals surface area contributed by atoms with E-state index in [4.69, 9.17) is 8.83 Å². The average Bonchev–Trinajstić information content (AvgIpc) is 3.95. The molecule has 11 aromatic rings. The number of para-hydroxylation sites is 4. The van der Waals surface area contributed by atoms with E-state index in [1.165, 1.54) is 43.6 Å². The lowest BCUT2D eigenvalue weighted by Crippen LogP contribution is -1.92. The summed E-state index contributed by atoms with van der Waals surface area (Å²) in [4.78, 5) is 0. The molecule has 0 saturated carbocycles. The number of benzene rings is 7. The van der Waals surface area contributed by atoms with Crippen molar-refractivity contribution in [2.45, 2.75) is 0 Å². The summed E-state index contributed by atoms with van der Waals surface area (Å²) in [6.07, 6.45) is 0. The van der Waals surface area contributed by atoms with E-state index in [2.05, 4.69) is 179 Å². The highest BCUT2D eigenvalue weighted by Gasteiger charge is 2.16. The molecular formula is C46H28N2O2. The Morgan fingerprint density at radius 1 is 0.320 bits per heavy atom. The van der Waals surface area contributed by atoms with Gasteiger partial charge in [0.25, 0.3) is 0 Å². The van der Waals surface area contributed by atoms with Gasteiger partial charge in [0.2, 0.25) is 0 Å². The van der Waals surface area contributed by atoms with E-state index in [0.717, 1.165) is 56.0 Å². The molecule has 0 radical (unpaired) electrons. The van der Waals surface area contributed by atoms with Gasteiger partial charge in [-0.2, -0.15) is 0 Å². The van der Waals surface area contributed by atoms with Crippen LogP contribution in [0.2, 0.25) is 0 Å². The lowest BCUT2D eigenvalue weighted by atomic mass is 10.1. The molecule has 0 bridgehead atoms. The van der Waals surface area contributed by atoms with Crippen LogP contribution in [0.1, 0.15) is 0 Å². The van der Waals surface area contributed by atoms with Crippen LogP contribution in [0.15, 0.2) is 179 Å². The molecule has 0 aliphatic heterocycles. The first-order valence-corrected chi connectivity index (χ1v) is 16.9. The quantitative estimate of drug-likeness (QED) is 0.192. The van der Waals surface area contributed by atoms with Crippen molar-refractivity contribution in [3.8, 4) is 34.0 Å². The maximum Gasteiger partial charge on any atom is 0.136 e. The maximum absolute atomic E-state index is 6.48. The van der Waals surface area contributed by atoms with E-state index in [9.17, 15) is 0 Å². The average molecular weight is 641 g/mol. The Morgan fingerprint density at radius 2 is 0.660 bits per heavy atom. The minimum absolute atomic E-state index is 0.839. The number of nitrogens with zero attached hydrogens (tertiary/aromatic N) is 2. The van der Waals surface area contributed by atoms with Crippen LogP contribution in [0, 0.1) is 0 Å². The fraction of sp³-hybridized carbons (Fsp3) is 0. The van der Waals surface area contributed by atoms with Gasteiger partial charge in [0, 0.05) is 67.0 Å². The molecule has 11 rings (SSSR count). The molecule has 4 heterocycles. The molecule has 0 aliphatic rings. The maximum atomic E-state index is 6.48. The second-order valence-corrected chi connectivity index (χ2v) is 13.0. The van der Waals surface area contributed by atoms with E-state index >= 15 is 0 Å². The number of furan rings is 2. The van der Waals surface area contributed by atoms with Crippen LogP contribution in [0.5, 0.6) is 0 Å².